The van der Waals surface area contributed by atoms with Crippen LogP contribution < -0.4 is 0 Å². The van der Waals surface area contributed by atoms with Gasteiger partial charge in [0.25, 0.3) is 0 Å². The van der Waals surface area contributed by atoms with Gasteiger partial charge in [0.2, 0.25) is 0 Å². The van der Waals surface area contributed by atoms with Crippen molar-refractivity contribution in [2.75, 3.05) is 0 Å². The van der Waals surface area contributed by atoms with Crippen LogP contribution in [0.4, 0.5) is 0 Å². The van der Waals surface area contributed by atoms with Crippen molar-refractivity contribution < 1.29 is 0 Å². The summed E-state index contributed by atoms with van der Waals surface area (Å²) in [6.07, 6.45) is 0. The van der Waals surface area contributed by atoms with E-state index >= 15 is 0 Å². The molecule has 1 heteroatoms. The molecule has 0 nitrogen and oxygen atoms in total. The fourth-order valence-corrected chi connectivity index (χ4v) is 2.29. The van der Waals surface area contributed by atoms with Gasteiger partial charge in [0.1, 0.15) is 0 Å². The van der Waals surface area contributed by atoms with E-state index in [0.29, 0.717) is 5.04 Å². The van der Waals surface area contributed by atoms with E-state index in [0.717, 1.165) is 0 Å². The van der Waals surface area contributed by atoms with Gasteiger partial charge in [0, 0.05) is 0 Å². The van der Waals surface area contributed by atoms with Gasteiger partial charge in [0.05, 0.1) is 8.07 Å². The van der Waals surface area contributed by atoms with Crippen LogP contribution in [0.15, 0.2) is 41.8 Å². The molecule has 1 aromatic rings. The van der Waals surface area contributed by atoms with Gasteiger partial charge in [-0.15, -0.1) is 5.73 Å². The summed E-state index contributed by atoms with van der Waals surface area (Å²) in [4.78, 5) is 0. The third kappa shape index (κ3) is 3.73. The molecule has 1 rings (SSSR count). The van der Waals surface area contributed by atoms with Crippen molar-refractivity contribution in [1.82, 2.24) is 0 Å². The molecule has 0 saturated carbocycles. The predicted molar refractivity (Wildman–Crippen MR) is 80.8 cm³/mol. The molecule has 0 heterocycles. The van der Waals surface area contributed by atoms with Gasteiger partial charge in [-0.05, 0) is 23.1 Å². The lowest BCUT2D eigenvalue weighted by Crippen LogP contribution is -2.34. The molecule has 0 atom stereocenters. The van der Waals surface area contributed by atoms with Crippen molar-refractivity contribution in [3.8, 4) is 0 Å². The second kappa shape index (κ2) is 5.08. The predicted octanol–water partition coefficient (Wildman–Crippen LogP) is 5.29. The average molecular weight is 244 g/mol. The summed E-state index contributed by atoms with van der Waals surface area (Å²) in [6.45, 7) is 13.9. The molecule has 0 bridgehead atoms. The summed E-state index contributed by atoms with van der Waals surface area (Å²) in [7, 11) is -1.36. The van der Waals surface area contributed by atoms with Crippen LogP contribution in [0.5, 0.6) is 0 Å². The first kappa shape index (κ1) is 14.0. The monoisotopic (exact) mass is 244 g/mol. The average Bonchev–Trinajstić information content (AvgIpc) is 2.25. The minimum Gasteiger partial charge on any atom is -0.126 e. The van der Waals surface area contributed by atoms with E-state index in [4.69, 9.17) is 0 Å². The van der Waals surface area contributed by atoms with E-state index < -0.39 is 8.07 Å². The Morgan fingerprint density at radius 2 is 1.65 bits per heavy atom. The highest BCUT2D eigenvalue weighted by atomic mass is 28.3. The molecular formula is C16H24Si. The van der Waals surface area contributed by atoms with Gasteiger partial charge < -0.3 is 0 Å². The lowest BCUT2D eigenvalue weighted by atomic mass is 10.1. The van der Waals surface area contributed by atoms with Crippen molar-refractivity contribution in [3.63, 3.8) is 0 Å². The SMILES string of the molecule is CC(=C=C[Si](C)(C)C(C)(C)C)c1ccccc1. The van der Waals surface area contributed by atoms with Gasteiger partial charge in [-0.1, -0.05) is 69.9 Å². The fraction of sp³-hybridized carbons (Fsp3) is 0.438. The molecule has 0 unspecified atom stereocenters. The summed E-state index contributed by atoms with van der Waals surface area (Å²) in [5.74, 6) is 0. The molecular weight excluding hydrogens is 220 g/mol. The van der Waals surface area contributed by atoms with Crippen molar-refractivity contribution in [3.05, 3.63) is 47.3 Å². The third-order valence-corrected chi connectivity index (χ3v) is 8.52. The van der Waals surface area contributed by atoms with Crippen molar-refractivity contribution >= 4 is 13.6 Å². The van der Waals surface area contributed by atoms with Crippen LogP contribution in [0.3, 0.4) is 0 Å². The van der Waals surface area contributed by atoms with Gasteiger partial charge in [-0.3, -0.25) is 0 Å². The molecule has 1 aromatic carbocycles. The highest BCUT2D eigenvalue weighted by molar-refractivity contribution is 6.84. The maximum Gasteiger partial charge on any atom is 0.0865 e. The van der Waals surface area contributed by atoms with Gasteiger partial charge >= 0.3 is 0 Å². The van der Waals surface area contributed by atoms with Gasteiger partial charge in [-0.2, -0.15) is 0 Å². The number of allylic oxidation sites excluding steroid dienone is 1. The first-order chi connectivity index (χ1) is 7.74. The largest absolute Gasteiger partial charge is 0.126 e. The van der Waals surface area contributed by atoms with E-state index in [2.05, 4.69) is 76.5 Å². The summed E-state index contributed by atoms with van der Waals surface area (Å²) in [6, 6.07) is 10.5. The standard InChI is InChI=1S/C16H24Si/c1-14(15-10-8-7-9-11-15)12-13-17(5,6)16(2,3)4/h7-11,13H,1-6H3. The lowest BCUT2D eigenvalue weighted by Gasteiger charge is -2.33. The second-order valence-electron chi connectivity index (χ2n) is 6.25. The second-order valence-corrected chi connectivity index (χ2v) is 11.5. The van der Waals surface area contributed by atoms with Crippen LogP contribution in [-0.4, -0.2) is 8.07 Å². The highest BCUT2D eigenvalue weighted by Gasteiger charge is 2.32. The summed E-state index contributed by atoms with van der Waals surface area (Å²) < 4.78 is 0. The summed E-state index contributed by atoms with van der Waals surface area (Å²) in [5, 5.41) is 0.386. The van der Waals surface area contributed by atoms with E-state index in [1.54, 1.807) is 0 Å². The van der Waals surface area contributed by atoms with Crippen molar-refractivity contribution in [1.29, 1.82) is 0 Å². The van der Waals surface area contributed by atoms with E-state index in [1.165, 1.54) is 11.1 Å². The maximum absolute atomic E-state index is 3.50. The third-order valence-electron chi connectivity index (χ3n) is 3.79. The Balaban J connectivity index is 3.05. The highest BCUT2D eigenvalue weighted by Crippen LogP contribution is 2.36. The molecule has 92 valence electrons. The Morgan fingerprint density at radius 3 is 2.12 bits per heavy atom. The molecule has 0 spiro atoms. The number of hydrogen-bond acceptors (Lipinski definition) is 0. The molecule has 0 aliphatic carbocycles. The molecule has 0 aromatic heterocycles. The Morgan fingerprint density at radius 1 is 1.12 bits per heavy atom. The van der Waals surface area contributed by atoms with E-state index in [-0.39, 0.29) is 0 Å². The first-order valence-corrected chi connectivity index (χ1v) is 9.32. The number of rotatable bonds is 2. The Kier molecular flexibility index (Phi) is 4.19. The molecule has 17 heavy (non-hydrogen) atoms. The van der Waals surface area contributed by atoms with Gasteiger partial charge in [-0.25, -0.2) is 0 Å². The number of benzene rings is 1. The Hall–Kier alpha value is -1.04. The number of hydrogen-bond donors (Lipinski definition) is 0. The van der Waals surface area contributed by atoms with Crippen LogP contribution in [0, 0.1) is 0 Å². The van der Waals surface area contributed by atoms with Crippen LogP contribution in [0.2, 0.25) is 18.1 Å². The lowest BCUT2D eigenvalue weighted by molar-refractivity contribution is 0.729. The van der Waals surface area contributed by atoms with Crippen LogP contribution in [-0.2, 0) is 0 Å². The van der Waals surface area contributed by atoms with Crippen molar-refractivity contribution in [2.45, 2.75) is 45.8 Å². The normalized spacial score (nSPS) is 11.9. The van der Waals surface area contributed by atoms with Crippen LogP contribution in [0.1, 0.15) is 33.3 Å². The van der Waals surface area contributed by atoms with Crippen LogP contribution >= 0.6 is 0 Å². The molecule has 0 saturated heterocycles. The minimum atomic E-state index is -1.36. The molecule has 0 amide bonds. The Labute approximate surface area is 107 Å². The maximum atomic E-state index is 3.50. The molecule has 0 aliphatic rings. The van der Waals surface area contributed by atoms with Crippen molar-refractivity contribution in [2.24, 2.45) is 0 Å². The Bertz CT molecular complexity index is 426. The first-order valence-electron chi connectivity index (χ1n) is 6.24. The molecule has 0 fully saturated rings. The molecule has 0 aliphatic heterocycles. The van der Waals surface area contributed by atoms with E-state index in [1.807, 2.05) is 6.07 Å². The zero-order valence-electron chi connectivity index (χ0n) is 12.0. The van der Waals surface area contributed by atoms with Crippen LogP contribution in [0.25, 0.3) is 5.57 Å². The quantitative estimate of drug-likeness (QED) is 0.489. The van der Waals surface area contributed by atoms with E-state index in [9.17, 15) is 0 Å². The van der Waals surface area contributed by atoms with Gasteiger partial charge in [0.15, 0.2) is 0 Å². The fourth-order valence-electron chi connectivity index (χ4n) is 1.28. The molecule has 0 N–H and O–H groups in total. The zero-order chi connectivity index (χ0) is 13.1. The topological polar surface area (TPSA) is 0 Å². The summed E-state index contributed by atoms with van der Waals surface area (Å²) >= 11 is 0. The smallest absolute Gasteiger partial charge is 0.0865 e. The molecule has 0 radical (unpaired) electrons. The summed E-state index contributed by atoms with van der Waals surface area (Å²) in [5.41, 5.74) is 8.34. The zero-order valence-corrected chi connectivity index (χ0v) is 13.0. The minimum absolute atomic E-state index is 0.386.